The van der Waals surface area contributed by atoms with Gasteiger partial charge in [0.25, 0.3) is 0 Å². The number of allylic oxidation sites excluding steroid dienone is 1. The number of aliphatic imine (C=N–C) groups is 1. The summed E-state index contributed by atoms with van der Waals surface area (Å²) in [5.41, 5.74) is 3.48. The third-order valence-electron chi connectivity index (χ3n) is 6.23. The number of nitrogens with zero attached hydrogens (tertiary/aromatic N) is 2. The summed E-state index contributed by atoms with van der Waals surface area (Å²) in [5.74, 6) is 0.122. The molecule has 0 fully saturated rings. The SMILES string of the molecule is CCC(C)NC(=O)CC1=CSC2=NC(C)=C(C(=O)OCc3ccccc3)C(c3ccccc3OC)N12. The molecule has 0 aromatic heterocycles. The molecule has 0 spiro atoms. The summed E-state index contributed by atoms with van der Waals surface area (Å²) < 4.78 is 11.4. The van der Waals surface area contributed by atoms with Crippen molar-refractivity contribution in [1.29, 1.82) is 0 Å². The van der Waals surface area contributed by atoms with E-state index in [1.54, 1.807) is 7.11 Å². The lowest BCUT2D eigenvalue weighted by Gasteiger charge is -2.36. The number of rotatable bonds is 9. The lowest BCUT2D eigenvalue weighted by atomic mass is 9.93. The Kier molecular flexibility index (Phi) is 8.15. The van der Waals surface area contributed by atoms with E-state index in [-0.39, 0.29) is 25.0 Å². The molecule has 2 aromatic carbocycles. The number of thioether (sulfide) groups is 1. The number of hydrogen-bond acceptors (Lipinski definition) is 7. The average Bonchev–Trinajstić information content (AvgIpc) is 3.28. The molecule has 1 N–H and O–H groups in total. The minimum atomic E-state index is -0.547. The Morgan fingerprint density at radius 1 is 1.14 bits per heavy atom. The Bertz CT molecular complexity index is 1220. The Hall–Kier alpha value is -3.52. The molecule has 188 valence electrons. The summed E-state index contributed by atoms with van der Waals surface area (Å²) in [6, 6.07) is 16.7. The zero-order chi connectivity index (χ0) is 25.7. The van der Waals surface area contributed by atoms with Crippen molar-refractivity contribution in [3.63, 3.8) is 0 Å². The standard InChI is InChI=1S/C28H31N3O4S/c1-5-18(2)29-24(32)15-21-17-36-28-30-19(3)25(27(33)35-16-20-11-7-6-8-12-20)26(31(21)28)22-13-9-10-14-23(22)34-4/h6-14,17-18,26H,5,15-16H2,1-4H3,(H,29,32). The van der Waals surface area contributed by atoms with Crippen molar-refractivity contribution in [3.8, 4) is 5.75 Å². The van der Waals surface area contributed by atoms with Gasteiger partial charge in [0, 0.05) is 17.3 Å². The van der Waals surface area contributed by atoms with E-state index >= 15 is 0 Å². The maximum atomic E-state index is 13.5. The van der Waals surface area contributed by atoms with Crippen molar-refractivity contribution in [3.05, 3.63) is 88.1 Å². The van der Waals surface area contributed by atoms with Crippen molar-refractivity contribution in [2.75, 3.05) is 7.11 Å². The van der Waals surface area contributed by atoms with Crippen molar-refractivity contribution in [2.45, 2.75) is 52.3 Å². The van der Waals surface area contributed by atoms with Crippen LogP contribution in [-0.2, 0) is 20.9 Å². The summed E-state index contributed by atoms with van der Waals surface area (Å²) in [6.45, 7) is 5.98. The number of amidine groups is 1. The van der Waals surface area contributed by atoms with Crippen LogP contribution in [-0.4, -0.2) is 35.1 Å². The number of fused-ring (bicyclic) bond motifs is 1. The first kappa shape index (κ1) is 25.6. The summed E-state index contributed by atoms with van der Waals surface area (Å²) in [7, 11) is 1.61. The van der Waals surface area contributed by atoms with E-state index in [0.717, 1.165) is 23.2 Å². The molecule has 0 aliphatic carbocycles. The van der Waals surface area contributed by atoms with Gasteiger partial charge >= 0.3 is 5.97 Å². The van der Waals surface area contributed by atoms with Crippen LogP contribution in [0.25, 0.3) is 0 Å². The van der Waals surface area contributed by atoms with Gasteiger partial charge in [0.05, 0.1) is 30.8 Å². The Morgan fingerprint density at radius 2 is 1.86 bits per heavy atom. The number of ether oxygens (including phenoxy) is 2. The van der Waals surface area contributed by atoms with Crippen LogP contribution >= 0.6 is 11.8 Å². The number of esters is 1. The van der Waals surface area contributed by atoms with Crippen molar-refractivity contribution in [1.82, 2.24) is 10.2 Å². The second-order valence-corrected chi connectivity index (χ2v) is 9.59. The number of benzene rings is 2. The van der Waals surface area contributed by atoms with Gasteiger partial charge < -0.3 is 19.7 Å². The molecule has 0 bridgehead atoms. The predicted molar refractivity (Wildman–Crippen MR) is 142 cm³/mol. The van der Waals surface area contributed by atoms with Crippen molar-refractivity contribution >= 4 is 28.8 Å². The average molecular weight is 506 g/mol. The molecular formula is C28H31N3O4S. The fourth-order valence-corrected chi connectivity index (χ4v) is 5.17. The summed E-state index contributed by atoms with van der Waals surface area (Å²) in [6.07, 6.45) is 1.02. The van der Waals surface area contributed by atoms with E-state index < -0.39 is 12.0 Å². The predicted octanol–water partition coefficient (Wildman–Crippen LogP) is 5.32. The van der Waals surface area contributed by atoms with Crippen LogP contribution in [0.2, 0.25) is 0 Å². The third-order valence-corrected chi connectivity index (χ3v) is 7.12. The number of carbonyl (C=O) groups is 2. The largest absolute Gasteiger partial charge is 0.496 e. The molecule has 2 aliphatic heterocycles. The molecule has 2 unspecified atom stereocenters. The van der Waals surface area contributed by atoms with Crippen molar-refractivity contribution < 1.29 is 19.1 Å². The molecule has 2 aromatic rings. The molecular weight excluding hydrogens is 474 g/mol. The fraction of sp³-hybridized carbons (Fsp3) is 0.321. The first-order valence-electron chi connectivity index (χ1n) is 12.0. The van der Waals surface area contributed by atoms with E-state index in [1.807, 2.05) is 85.7 Å². The van der Waals surface area contributed by atoms with Gasteiger partial charge in [-0.1, -0.05) is 67.2 Å². The van der Waals surface area contributed by atoms with Crippen LogP contribution < -0.4 is 10.1 Å². The van der Waals surface area contributed by atoms with Crippen molar-refractivity contribution in [2.24, 2.45) is 4.99 Å². The van der Waals surface area contributed by atoms with Gasteiger partial charge in [0.2, 0.25) is 5.91 Å². The van der Waals surface area contributed by atoms with Gasteiger partial charge in [-0.2, -0.15) is 0 Å². The zero-order valence-corrected chi connectivity index (χ0v) is 21.8. The summed E-state index contributed by atoms with van der Waals surface area (Å²) >= 11 is 1.45. The molecule has 0 radical (unpaired) electrons. The highest BCUT2D eigenvalue weighted by Crippen LogP contribution is 2.46. The molecule has 0 saturated carbocycles. The highest BCUT2D eigenvalue weighted by atomic mass is 32.2. The van der Waals surface area contributed by atoms with Crippen LogP contribution in [0.15, 0.2) is 82.0 Å². The number of nitrogens with one attached hydrogen (secondary N) is 1. The minimum Gasteiger partial charge on any atom is -0.496 e. The lowest BCUT2D eigenvalue weighted by Crippen LogP contribution is -2.39. The van der Waals surface area contributed by atoms with Gasteiger partial charge in [0.1, 0.15) is 12.4 Å². The Labute approximate surface area is 216 Å². The van der Waals surface area contributed by atoms with Crippen LogP contribution in [0.5, 0.6) is 5.75 Å². The normalized spacial score (nSPS) is 17.7. The van der Waals surface area contributed by atoms with Crippen LogP contribution in [0.3, 0.4) is 0 Å². The second-order valence-electron chi connectivity index (χ2n) is 8.75. The topological polar surface area (TPSA) is 80.2 Å². The molecule has 4 rings (SSSR count). The number of methoxy groups -OCH3 is 1. The minimum absolute atomic E-state index is 0.0734. The quantitative estimate of drug-likeness (QED) is 0.465. The fourth-order valence-electron chi connectivity index (χ4n) is 4.21. The first-order valence-corrected chi connectivity index (χ1v) is 12.9. The van der Waals surface area contributed by atoms with Gasteiger partial charge in [-0.05, 0) is 37.3 Å². The summed E-state index contributed by atoms with van der Waals surface area (Å²) in [5, 5.41) is 5.68. The number of para-hydroxylation sites is 1. The molecule has 0 saturated heterocycles. The van der Waals surface area contributed by atoms with Crippen LogP contribution in [0.1, 0.15) is 50.8 Å². The highest BCUT2D eigenvalue weighted by Gasteiger charge is 2.42. The molecule has 2 aliphatic rings. The molecule has 2 atom stereocenters. The van der Waals surface area contributed by atoms with E-state index in [9.17, 15) is 9.59 Å². The number of amides is 1. The van der Waals surface area contributed by atoms with Gasteiger partial charge in [-0.3, -0.25) is 4.79 Å². The lowest BCUT2D eigenvalue weighted by molar-refractivity contribution is -0.141. The zero-order valence-electron chi connectivity index (χ0n) is 21.0. The van der Waals surface area contributed by atoms with Crippen LogP contribution in [0, 0.1) is 0 Å². The van der Waals surface area contributed by atoms with E-state index in [4.69, 9.17) is 14.5 Å². The monoisotopic (exact) mass is 505 g/mol. The maximum absolute atomic E-state index is 13.5. The molecule has 7 nitrogen and oxygen atoms in total. The number of carbonyl (C=O) groups excluding carboxylic acids is 2. The third kappa shape index (κ3) is 5.49. The van der Waals surface area contributed by atoms with Gasteiger partial charge in [-0.25, -0.2) is 9.79 Å². The number of hydrogen-bond donors (Lipinski definition) is 1. The molecule has 2 heterocycles. The van der Waals surface area contributed by atoms with E-state index in [2.05, 4.69) is 5.32 Å². The molecule has 36 heavy (non-hydrogen) atoms. The van der Waals surface area contributed by atoms with Crippen LogP contribution in [0.4, 0.5) is 0 Å². The summed E-state index contributed by atoms with van der Waals surface area (Å²) in [4.78, 5) is 33.0. The second kappa shape index (κ2) is 11.5. The van der Waals surface area contributed by atoms with Gasteiger partial charge in [0.15, 0.2) is 5.17 Å². The van der Waals surface area contributed by atoms with Gasteiger partial charge in [-0.15, -0.1) is 0 Å². The molecule has 1 amide bonds. The Morgan fingerprint density at radius 3 is 2.58 bits per heavy atom. The Balaban J connectivity index is 1.69. The van der Waals surface area contributed by atoms with E-state index in [0.29, 0.717) is 22.2 Å². The molecule has 8 heteroatoms. The highest BCUT2D eigenvalue weighted by molar-refractivity contribution is 8.16. The smallest absolute Gasteiger partial charge is 0.338 e. The first-order chi connectivity index (χ1) is 17.4. The van der Waals surface area contributed by atoms with E-state index in [1.165, 1.54) is 11.8 Å². The maximum Gasteiger partial charge on any atom is 0.338 e.